The van der Waals surface area contributed by atoms with Crippen molar-refractivity contribution in [3.8, 4) is 11.3 Å². The first kappa shape index (κ1) is 20.4. The lowest BCUT2D eigenvalue weighted by molar-refractivity contribution is 0.0398. The second-order valence-electron chi connectivity index (χ2n) is 7.26. The molecular formula is C20H30N6O2. The molecule has 8 nitrogen and oxygen atoms in total. The molecule has 8 heteroatoms. The number of aromatic nitrogens is 3. The normalized spacial score (nSPS) is 16.1. The number of rotatable bonds is 9. The zero-order valence-corrected chi connectivity index (χ0v) is 16.6. The smallest absolute Gasteiger partial charge is 0.225 e. The van der Waals surface area contributed by atoms with E-state index in [9.17, 15) is 5.11 Å². The lowest BCUT2D eigenvalue weighted by atomic mass is 10.1. The van der Waals surface area contributed by atoms with Gasteiger partial charge in [0.25, 0.3) is 0 Å². The number of anilines is 2. The Morgan fingerprint density at radius 1 is 1.25 bits per heavy atom. The zero-order valence-electron chi connectivity index (χ0n) is 16.6. The first-order valence-corrected chi connectivity index (χ1v) is 9.86. The summed E-state index contributed by atoms with van der Waals surface area (Å²) in [4.78, 5) is 15.8. The number of hydrogen-bond donors (Lipinski definition) is 3. The minimum Gasteiger partial charge on any atom is -0.394 e. The van der Waals surface area contributed by atoms with Crippen molar-refractivity contribution in [2.45, 2.75) is 19.9 Å². The van der Waals surface area contributed by atoms with Crippen LogP contribution < -0.4 is 10.6 Å². The molecule has 1 atom stereocenters. The Morgan fingerprint density at radius 2 is 2.07 bits per heavy atom. The fourth-order valence-corrected chi connectivity index (χ4v) is 3.02. The molecule has 2 aromatic rings. The average Bonchev–Trinajstić information content (AvgIpc) is 2.73. The van der Waals surface area contributed by atoms with Gasteiger partial charge in [0.15, 0.2) is 0 Å². The Morgan fingerprint density at radius 3 is 2.75 bits per heavy atom. The molecule has 3 rings (SSSR count). The standard InChI is InChI=1S/C20H30N6O2/c1-15(2)18(14-27)24-20-23-17(16-4-3-5-21-13-16)12-19(25-20)22-6-7-26-8-10-28-11-9-26/h3-5,12-13,15,18,27H,6-11,14H2,1-2H3,(H2,22,23,24,25)/t18-/m1/s1. The van der Waals surface area contributed by atoms with E-state index >= 15 is 0 Å². The van der Waals surface area contributed by atoms with Crippen LogP contribution in [0.4, 0.5) is 11.8 Å². The minimum atomic E-state index is -0.106. The van der Waals surface area contributed by atoms with Gasteiger partial charge in [-0.05, 0) is 18.1 Å². The number of nitrogens with zero attached hydrogens (tertiary/aromatic N) is 4. The first-order chi connectivity index (χ1) is 13.7. The van der Waals surface area contributed by atoms with E-state index in [1.54, 1.807) is 12.4 Å². The maximum Gasteiger partial charge on any atom is 0.225 e. The average molecular weight is 387 g/mol. The third kappa shape index (κ3) is 5.85. The fourth-order valence-electron chi connectivity index (χ4n) is 3.02. The Balaban J connectivity index is 1.74. The number of morpholine rings is 1. The van der Waals surface area contributed by atoms with Gasteiger partial charge in [0.2, 0.25) is 5.95 Å². The van der Waals surface area contributed by atoms with Crippen LogP contribution in [0.15, 0.2) is 30.6 Å². The highest BCUT2D eigenvalue weighted by Crippen LogP contribution is 2.21. The minimum absolute atomic E-state index is 0.0257. The van der Waals surface area contributed by atoms with E-state index < -0.39 is 0 Å². The summed E-state index contributed by atoms with van der Waals surface area (Å²) in [5, 5.41) is 16.3. The summed E-state index contributed by atoms with van der Waals surface area (Å²) in [6, 6.07) is 5.69. The fraction of sp³-hybridized carbons (Fsp3) is 0.550. The third-order valence-electron chi connectivity index (χ3n) is 4.84. The highest BCUT2D eigenvalue weighted by Gasteiger charge is 2.15. The molecule has 0 unspecified atom stereocenters. The van der Waals surface area contributed by atoms with Gasteiger partial charge in [-0.25, -0.2) is 4.98 Å². The molecule has 0 spiro atoms. The summed E-state index contributed by atoms with van der Waals surface area (Å²) < 4.78 is 5.39. The molecule has 0 bridgehead atoms. The van der Waals surface area contributed by atoms with Crippen LogP contribution in [0.3, 0.4) is 0 Å². The second kappa shape index (κ2) is 10.3. The summed E-state index contributed by atoms with van der Waals surface area (Å²) >= 11 is 0. The van der Waals surface area contributed by atoms with Crippen molar-refractivity contribution in [1.82, 2.24) is 19.9 Å². The SMILES string of the molecule is CC(C)[C@@H](CO)Nc1nc(NCCN2CCOCC2)cc(-c2cccnc2)n1. The van der Waals surface area contributed by atoms with Crippen molar-refractivity contribution in [3.63, 3.8) is 0 Å². The van der Waals surface area contributed by atoms with Crippen LogP contribution in [0.5, 0.6) is 0 Å². The molecule has 1 aliphatic rings. The van der Waals surface area contributed by atoms with E-state index in [4.69, 9.17) is 4.74 Å². The quantitative estimate of drug-likeness (QED) is 0.600. The van der Waals surface area contributed by atoms with Crippen LogP contribution in [0.25, 0.3) is 11.3 Å². The lowest BCUT2D eigenvalue weighted by Crippen LogP contribution is -2.39. The molecule has 0 saturated carbocycles. The Labute approximate surface area is 166 Å². The van der Waals surface area contributed by atoms with E-state index in [0.29, 0.717) is 5.95 Å². The molecule has 3 N–H and O–H groups in total. The van der Waals surface area contributed by atoms with Gasteiger partial charge >= 0.3 is 0 Å². The molecule has 1 aliphatic heterocycles. The lowest BCUT2D eigenvalue weighted by Gasteiger charge is -2.26. The van der Waals surface area contributed by atoms with Crippen molar-refractivity contribution in [2.24, 2.45) is 5.92 Å². The largest absolute Gasteiger partial charge is 0.394 e. The molecule has 0 amide bonds. The van der Waals surface area contributed by atoms with Crippen LogP contribution in [0.2, 0.25) is 0 Å². The molecule has 0 radical (unpaired) electrons. The van der Waals surface area contributed by atoms with Crippen molar-refractivity contribution < 1.29 is 9.84 Å². The molecule has 1 fully saturated rings. The molecule has 3 heterocycles. The van der Waals surface area contributed by atoms with Crippen LogP contribution in [0, 0.1) is 5.92 Å². The summed E-state index contributed by atoms with van der Waals surface area (Å²) in [6.45, 7) is 9.38. The monoisotopic (exact) mass is 386 g/mol. The number of ether oxygens (including phenoxy) is 1. The van der Waals surface area contributed by atoms with Crippen LogP contribution in [-0.2, 0) is 4.74 Å². The van der Waals surface area contributed by atoms with Gasteiger partial charge in [0.1, 0.15) is 5.82 Å². The van der Waals surface area contributed by atoms with E-state index in [1.165, 1.54) is 0 Å². The van der Waals surface area contributed by atoms with Crippen molar-refractivity contribution in [3.05, 3.63) is 30.6 Å². The molecular weight excluding hydrogens is 356 g/mol. The van der Waals surface area contributed by atoms with Crippen LogP contribution in [0.1, 0.15) is 13.8 Å². The predicted octanol–water partition coefficient (Wildman–Crippen LogP) is 1.71. The van der Waals surface area contributed by atoms with Gasteiger partial charge < -0.3 is 20.5 Å². The number of nitrogens with one attached hydrogen (secondary N) is 2. The molecule has 2 aromatic heterocycles. The van der Waals surface area contributed by atoms with Gasteiger partial charge in [0.05, 0.1) is 31.6 Å². The predicted molar refractivity (Wildman–Crippen MR) is 110 cm³/mol. The summed E-state index contributed by atoms with van der Waals surface area (Å²) in [5.41, 5.74) is 1.72. The number of aliphatic hydroxyl groups is 1. The van der Waals surface area contributed by atoms with Gasteiger partial charge in [-0.3, -0.25) is 9.88 Å². The third-order valence-corrected chi connectivity index (χ3v) is 4.84. The summed E-state index contributed by atoms with van der Waals surface area (Å²) in [5.74, 6) is 1.52. The van der Waals surface area contributed by atoms with E-state index in [1.807, 2.05) is 18.2 Å². The second-order valence-corrected chi connectivity index (χ2v) is 7.26. The summed E-state index contributed by atoms with van der Waals surface area (Å²) in [7, 11) is 0. The first-order valence-electron chi connectivity index (χ1n) is 9.86. The molecule has 0 aliphatic carbocycles. The van der Waals surface area contributed by atoms with Crippen molar-refractivity contribution in [1.29, 1.82) is 0 Å². The van der Waals surface area contributed by atoms with Gasteiger partial charge in [0, 0.05) is 50.2 Å². The number of pyridine rings is 1. The Bertz CT molecular complexity index is 722. The van der Waals surface area contributed by atoms with E-state index in [-0.39, 0.29) is 18.6 Å². The van der Waals surface area contributed by atoms with Gasteiger partial charge in [-0.1, -0.05) is 13.8 Å². The molecule has 152 valence electrons. The molecule has 0 aromatic carbocycles. The summed E-state index contributed by atoms with van der Waals surface area (Å²) in [6.07, 6.45) is 3.53. The van der Waals surface area contributed by atoms with E-state index in [0.717, 1.165) is 56.5 Å². The topological polar surface area (TPSA) is 95.4 Å². The maximum atomic E-state index is 9.64. The van der Waals surface area contributed by atoms with Crippen LogP contribution >= 0.6 is 0 Å². The van der Waals surface area contributed by atoms with E-state index in [2.05, 4.69) is 44.3 Å². The number of aliphatic hydroxyl groups excluding tert-OH is 1. The van der Waals surface area contributed by atoms with Gasteiger partial charge in [-0.15, -0.1) is 0 Å². The number of hydrogen-bond acceptors (Lipinski definition) is 8. The maximum absolute atomic E-state index is 9.64. The van der Waals surface area contributed by atoms with Gasteiger partial charge in [-0.2, -0.15) is 4.98 Å². The van der Waals surface area contributed by atoms with Crippen molar-refractivity contribution in [2.75, 3.05) is 56.6 Å². The molecule has 28 heavy (non-hydrogen) atoms. The van der Waals surface area contributed by atoms with Crippen LogP contribution in [-0.4, -0.2) is 77.0 Å². The Kier molecular flexibility index (Phi) is 7.53. The van der Waals surface area contributed by atoms with Crippen molar-refractivity contribution >= 4 is 11.8 Å². The highest BCUT2D eigenvalue weighted by molar-refractivity contribution is 5.63. The molecule has 1 saturated heterocycles. The zero-order chi connectivity index (χ0) is 19.8. The Hall–Kier alpha value is -2.29. The highest BCUT2D eigenvalue weighted by atomic mass is 16.5.